The van der Waals surface area contributed by atoms with Crippen LogP contribution in [0.3, 0.4) is 0 Å². The van der Waals surface area contributed by atoms with Gasteiger partial charge in [-0.05, 0) is 37.8 Å². The molecule has 2 aromatic rings. The van der Waals surface area contributed by atoms with E-state index in [1.54, 1.807) is 11.5 Å². The summed E-state index contributed by atoms with van der Waals surface area (Å²) in [7, 11) is 0. The van der Waals surface area contributed by atoms with Crippen LogP contribution in [-0.2, 0) is 25.7 Å². The number of thiazole rings is 1. The molecule has 1 unspecified atom stereocenters. The quantitative estimate of drug-likeness (QED) is 0.607. The summed E-state index contributed by atoms with van der Waals surface area (Å²) in [6.45, 7) is 5.82. The normalized spacial score (nSPS) is 17.3. The van der Waals surface area contributed by atoms with Gasteiger partial charge in [0.15, 0.2) is 4.80 Å². The summed E-state index contributed by atoms with van der Waals surface area (Å²) in [4.78, 5) is 43.4. The van der Waals surface area contributed by atoms with Gasteiger partial charge in [0, 0.05) is 13.1 Å². The maximum absolute atomic E-state index is 12.4. The number of benzene rings is 1. The molecule has 162 valence electrons. The highest BCUT2D eigenvalue weighted by Crippen LogP contribution is 2.18. The third-order valence-corrected chi connectivity index (χ3v) is 6.82. The van der Waals surface area contributed by atoms with Crippen molar-refractivity contribution in [3.05, 3.63) is 29.1 Å². The van der Waals surface area contributed by atoms with Gasteiger partial charge in [-0.3, -0.25) is 14.4 Å². The first-order valence-corrected chi connectivity index (χ1v) is 12.1. The Labute approximate surface area is 184 Å². The fourth-order valence-corrected chi connectivity index (χ4v) is 5.21. The van der Waals surface area contributed by atoms with Crippen LogP contribution >= 0.6 is 23.1 Å². The molecule has 0 radical (unpaired) electrons. The second kappa shape index (κ2) is 10.8. The van der Waals surface area contributed by atoms with Gasteiger partial charge < -0.3 is 14.2 Å². The number of para-hydroxylation sites is 1. The van der Waals surface area contributed by atoms with Crippen LogP contribution in [0.2, 0.25) is 0 Å². The highest BCUT2D eigenvalue weighted by Gasteiger charge is 2.21. The number of esters is 1. The molecular weight excluding hydrogens is 422 g/mol. The van der Waals surface area contributed by atoms with E-state index in [-0.39, 0.29) is 35.8 Å². The number of piperidine rings is 1. The Morgan fingerprint density at radius 3 is 2.83 bits per heavy atom. The molecule has 1 aromatic carbocycles. The molecule has 3 rings (SSSR count). The minimum Gasteiger partial charge on any atom is -0.465 e. The van der Waals surface area contributed by atoms with Crippen molar-refractivity contribution in [1.29, 1.82) is 0 Å². The number of amides is 2. The fourth-order valence-electron chi connectivity index (χ4n) is 3.47. The van der Waals surface area contributed by atoms with Crippen LogP contribution in [0.15, 0.2) is 29.3 Å². The van der Waals surface area contributed by atoms with Crippen LogP contribution < -0.4 is 4.80 Å². The number of hydrogen-bond acceptors (Lipinski definition) is 6. The first kappa shape index (κ1) is 22.6. The Hall–Kier alpha value is -2.13. The zero-order chi connectivity index (χ0) is 21.5. The van der Waals surface area contributed by atoms with Gasteiger partial charge in [-0.2, -0.15) is 4.99 Å². The van der Waals surface area contributed by atoms with E-state index in [1.807, 2.05) is 29.2 Å². The molecule has 0 aliphatic carbocycles. The van der Waals surface area contributed by atoms with E-state index in [1.165, 1.54) is 23.1 Å². The Balaban J connectivity index is 1.66. The lowest BCUT2D eigenvalue weighted by Crippen LogP contribution is -2.40. The van der Waals surface area contributed by atoms with Crippen molar-refractivity contribution >= 4 is 51.1 Å². The van der Waals surface area contributed by atoms with E-state index in [0.717, 1.165) is 36.1 Å². The number of nitrogens with zero attached hydrogens (tertiary/aromatic N) is 3. The van der Waals surface area contributed by atoms with Gasteiger partial charge in [-0.25, -0.2) is 0 Å². The molecule has 30 heavy (non-hydrogen) atoms. The van der Waals surface area contributed by atoms with Crippen molar-refractivity contribution in [2.24, 2.45) is 10.9 Å². The summed E-state index contributed by atoms with van der Waals surface area (Å²) in [5.74, 6) is 0.340. The minimum absolute atomic E-state index is 0.00272. The van der Waals surface area contributed by atoms with Crippen molar-refractivity contribution in [3.8, 4) is 0 Å². The van der Waals surface area contributed by atoms with E-state index in [9.17, 15) is 14.4 Å². The average Bonchev–Trinajstić information content (AvgIpc) is 3.05. The zero-order valence-corrected chi connectivity index (χ0v) is 19.0. The predicted molar refractivity (Wildman–Crippen MR) is 119 cm³/mol. The summed E-state index contributed by atoms with van der Waals surface area (Å²) in [5, 5.41) is 0. The molecule has 0 bridgehead atoms. The Morgan fingerprint density at radius 1 is 1.27 bits per heavy atom. The molecule has 1 aromatic heterocycles. The van der Waals surface area contributed by atoms with E-state index < -0.39 is 0 Å². The lowest BCUT2D eigenvalue weighted by Gasteiger charge is -2.30. The standard InChI is InChI=1S/C21H27N3O4S2/c1-3-28-20(27)12-24-16-8-4-5-9-17(16)30-21(24)22-18(25)13-29-14-19(26)23-10-6-7-15(2)11-23/h4-5,8-9,15H,3,6-7,10-14H2,1-2H3. The number of rotatable bonds is 7. The van der Waals surface area contributed by atoms with Gasteiger partial charge in [-0.15, -0.1) is 11.8 Å². The second-order valence-corrected chi connectivity index (χ2v) is 9.32. The van der Waals surface area contributed by atoms with Crippen molar-refractivity contribution in [3.63, 3.8) is 0 Å². The average molecular weight is 450 g/mol. The highest BCUT2D eigenvalue weighted by atomic mass is 32.2. The highest BCUT2D eigenvalue weighted by molar-refractivity contribution is 8.00. The summed E-state index contributed by atoms with van der Waals surface area (Å²) >= 11 is 2.65. The Kier molecular flexibility index (Phi) is 8.09. The third-order valence-electron chi connectivity index (χ3n) is 4.86. The number of likely N-dealkylation sites (tertiary alicyclic amines) is 1. The van der Waals surface area contributed by atoms with Crippen LogP contribution in [0, 0.1) is 5.92 Å². The lowest BCUT2D eigenvalue weighted by atomic mass is 10.0. The molecule has 1 fully saturated rings. The number of ether oxygens (including phenoxy) is 1. The molecule has 1 atom stereocenters. The fraction of sp³-hybridized carbons (Fsp3) is 0.524. The number of carbonyl (C=O) groups excluding carboxylic acids is 3. The topological polar surface area (TPSA) is 81.0 Å². The van der Waals surface area contributed by atoms with Crippen LogP contribution in [0.4, 0.5) is 0 Å². The summed E-state index contributed by atoms with van der Waals surface area (Å²) in [5.41, 5.74) is 0.837. The Morgan fingerprint density at radius 2 is 2.07 bits per heavy atom. The molecule has 2 amide bonds. The summed E-state index contributed by atoms with van der Waals surface area (Å²) < 4.78 is 7.70. The van der Waals surface area contributed by atoms with Crippen molar-refractivity contribution in [1.82, 2.24) is 9.47 Å². The van der Waals surface area contributed by atoms with Gasteiger partial charge in [-0.1, -0.05) is 30.4 Å². The van der Waals surface area contributed by atoms with Crippen LogP contribution in [0.25, 0.3) is 10.2 Å². The first-order chi connectivity index (χ1) is 14.5. The zero-order valence-electron chi connectivity index (χ0n) is 17.3. The molecular formula is C21H27N3O4S2. The van der Waals surface area contributed by atoms with Gasteiger partial charge in [0.25, 0.3) is 5.91 Å². The van der Waals surface area contributed by atoms with Crippen LogP contribution in [0.1, 0.15) is 26.7 Å². The van der Waals surface area contributed by atoms with E-state index in [2.05, 4.69) is 11.9 Å². The molecule has 2 heterocycles. The van der Waals surface area contributed by atoms with Crippen molar-refractivity contribution in [2.45, 2.75) is 33.2 Å². The lowest BCUT2D eigenvalue weighted by molar-refractivity contribution is -0.143. The molecule has 0 N–H and O–H groups in total. The van der Waals surface area contributed by atoms with Crippen LogP contribution in [0.5, 0.6) is 0 Å². The maximum Gasteiger partial charge on any atom is 0.326 e. The minimum atomic E-state index is -0.370. The second-order valence-electron chi connectivity index (χ2n) is 7.33. The largest absolute Gasteiger partial charge is 0.465 e. The maximum atomic E-state index is 12.4. The van der Waals surface area contributed by atoms with Gasteiger partial charge in [0.1, 0.15) is 6.54 Å². The number of aromatic nitrogens is 1. The monoisotopic (exact) mass is 449 g/mol. The van der Waals surface area contributed by atoms with Gasteiger partial charge in [0.05, 0.1) is 28.3 Å². The predicted octanol–water partition coefficient (Wildman–Crippen LogP) is 2.68. The molecule has 0 saturated carbocycles. The molecule has 7 nitrogen and oxygen atoms in total. The first-order valence-electron chi connectivity index (χ1n) is 10.1. The SMILES string of the molecule is CCOC(=O)Cn1c(=NC(=O)CSCC(=O)N2CCCC(C)C2)sc2ccccc21. The van der Waals surface area contributed by atoms with Crippen molar-refractivity contribution < 1.29 is 19.1 Å². The number of fused-ring (bicyclic) bond motifs is 1. The Bertz CT molecular complexity index is 982. The van der Waals surface area contributed by atoms with Gasteiger partial charge in [0.2, 0.25) is 5.91 Å². The van der Waals surface area contributed by atoms with E-state index >= 15 is 0 Å². The summed E-state index contributed by atoms with van der Waals surface area (Å²) in [6.07, 6.45) is 2.20. The molecule has 1 aliphatic heterocycles. The number of hydrogen-bond donors (Lipinski definition) is 0. The van der Waals surface area contributed by atoms with Gasteiger partial charge >= 0.3 is 5.97 Å². The van der Waals surface area contributed by atoms with E-state index in [0.29, 0.717) is 17.3 Å². The molecule has 1 aliphatic rings. The van der Waals surface area contributed by atoms with Crippen molar-refractivity contribution in [2.75, 3.05) is 31.2 Å². The third kappa shape index (κ3) is 5.95. The molecule has 9 heteroatoms. The number of carbonyl (C=O) groups is 3. The smallest absolute Gasteiger partial charge is 0.326 e. The van der Waals surface area contributed by atoms with Crippen LogP contribution in [-0.4, -0.2) is 58.5 Å². The van der Waals surface area contributed by atoms with E-state index in [4.69, 9.17) is 4.74 Å². The molecule has 1 saturated heterocycles. The summed E-state index contributed by atoms with van der Waals surface area (Å²) in [6, 6.07) is 7.60. The number of thioether (sulfide) groups is 1. The molecule has 0 spiro atoms.